The first-order valence-electron chi connectivity index (χ1n) is 12.6. The maximum Gasteiger partial charge on any atom is 0.410 e. The number of carbonyl (C=O) groups excluding carboxylic acids is 3. The van der Waals surface area contributed by atoms with E-state index in [0.717, 1.165) is 0 Å². The Morgan fingerprint density at radius 3 is 2.22 bits per heavy atom. The standard InChI is InChI=1S/C27H47N3O6/c1-10-14-34-17-21(25(4,5)6)22(31)29-20(3)16-28-23(32)27(19-35-15-11-2)12-13-30(18-27)24(33)36-26(7,8)9/h10-11,20-21H,1-2,12-19H2,3-9H3,(H,28,32)(H,29,31)/t20-,21?,27?/m1/s1. The van der Waals surface area contributed by atoms with Crippen molar-refractivity contribution in [1.29, 1.82) is 0 Å². The Morgan fingerprint density at radius 1 is 1.06 bits per heavy atom. The zero-order valence-electron chi connectivity index (χ0n) is 23.3. The van der Waals surface area contributed by atoms with Gasteiger partial charge in [-0.15, -0.1) is 13.2 Å². The fourth-order valence-corrected chi connectivity index (χ4v) is 3.88. The lowest BCUT2D eigenvalue weighted by Crippen LogP contribution is -2.52. The van der Waals surface area contributed by atoms with E-state index in [1.54, 1.807) is 37.8 Å². The van der Waals surface area contributed by atoms with Crippen molar-refractivity contribution in [2.24, 2.45) is 16.7 Å². The van der Waals surface area contributed by atoms with Crippen molar-refractivity contribution >= 4 is 17.9 Å². The molecule has 0 radical (unpaired) electrons. The lowest BCUT2D eigenvalue weighted by Gasteiger charge is -2.31. The van der Waals surface area contributed by atoms with E-state index < -0.39 is 17.1 Å². The van der Waals surface area contributed by atoms with E-state index in [1.807, 2.05) is 27.7 Å². The molecule has 0 saturated carbocycles. The first kappa shape index (κ1) is 31.6. The number of amides is 3. The largest absolute Gasteiger partial charge is 0.444 e. The van der Waals surface area contributed by atoms with Crippen molar-refractivity contribution in [3.8, 4) is 0 Å². The summed E-state index contributed by atoms with van der Waals surface area (Å²) in [6, 6.07) is -0.305. The van der Waals surface area contributed by atoms with Gasteiger partial charge >= 0.3 is 6.09 Å². The molecule has 9 heteroatoms. The number of nitrogens with zero attached hydrogens (tertiary/aromatic N) is 1. The zero-order chi connectivity index (χ0) is 27.6. The van der Waals surface area contributed by atoms with Crippen LogP contribution in [0.5, 0.6) is 0 Å². The van der Waals surface area contributed by atoms with Gasteiger partial charge in [-0.05, 0) is 39.5 Å². The third-order valence-corrected chi connectivity index (χ3v) is 5.94. The van der Waals surface area contributed by atoms with Crippen molar-refractivity contribution in [3.63, 3.8) is 0 Å². The molecule has 1 rings (SSSR count). The third kappa shape index (κ3) is 10.3. The van der Waals surface area contributed by atoms with Crippen molar-refractivity contribution in [2.75, 3.05) is 46.1 Å². The Labute approximate surface area is 217 Å². The number of nitrogens with one attached hydrogen (secondary N) is 2. The molecule has 2 unspecified atom stereocenters. The minimum absolute atomic E-state index is 0.130. The van der Waals surface area contributed by atoms with Gasteiger partial charge in [-0.25, -0.2) is 4.79 Å². The van der Waals surface area contributed by atoms with E-state index in [1.165, 1.54) is 0 Å². The van der Waals surface area contributed by atoms with Crippen LogP contribution in [0.15, 0.2) is 25.3 Å². The molecule has 1 heterocycles. The van der Waals surface area contributed by atoms with Crippen LogP contribution < -0.4 is 10.6 Å². The lowest BCUT2D eigenvalue weighted by molar-refractivity contribution is -0.135. The van der Waals surface area contributed by atoms with E-state index in [-0.39, 0.29) is 55.5 Å². The van der Waals surface area contributed by atoms with Crippen molar-refractivity contribution < 1.29 is 28.6 Å². The summed E-state index contributed by atoms with van der Waals surface area (Å²) < 4.78 is 16.7. The molecule has 3 atom stereocenters. The van der Waals surface area contributed by atoms with Crippen LogP contribution in [0.25, 0.3) is 0 Å². The summed E-state index contributed by atoms with van der Waals surface area (Å²) in [5.74, 6) is -0.707. The Balaban J connectivity index is 2.79. The first-order chi connectivity index (χ1) is 16.6. The fourth-order valence-electron chi connectivity index (χ4n) is 3.88. The Hall–Kier alpha value is -2.39. The quantitative estimate of drug-likeness (QED) is 0.292. The molecule has 206 valence electrons. The summed E-state index contributed by atoms with van der Waals surface area (Å²) in [6.07, 6.45) is 3.27. The third-order valence-electron chi connectivity index (χ3n) is 5.94. The highest BCUT2D eigenvalue weighted by atomic mass is 16.6. The molecule has 1 saturated heterocycles. The molecule has 0 aliphatic carbocycles. The van der Waals surface area contributed by atoms with Crippen LogP contribution in [0.4, 0.5) is 4.79 Å². The van der Waals surface area contributed by atoms with Crippen LogP contribution in [0.3, 0.4) is 0 Å². The molecular weight excluding hydrogens is 462 g/mol. The van der Waals surface area contributed by atoms with Crippen LogP contribution in [0.1, 0.15) is 54.9 Å². The second-order valence-electron chi connectivity index (χ2n) is 11.6. The zero-order valence-corrected chi connectivity index (χ0v) is 23.3. The van der Waals surface area contributed by atoms with E-state index in [4.69, 9.17) is 14.2 Å². The van der Waals surface area contributed by atoms with Crippen molar-refractivity contribution in [2.45, 2.75) is 66.5 Å². The SMILES string of the molecule is C=CCOCC(C(=O)N[C@H](C)CNC(=O)C1(COCC=C)CCN(C(=O)OC(C)(C)C)C1)C(C)(C)C. The number of carbonyl (C=O) groups is 3. The van der Waals surface area contributed by atoms with Crippen molar-refractivity contribution in [1.82, 2.24) is 15.5 Å². The minimum Gasteiger partial charge on any atom is -0.444 e. The summed E-state index contributed by atoms with van der Waals surface area (Å²) in [5, 5.41) is 5.94. The molecule has 36 heavy (non-hydrogen) atoms. The molecular formula is C27H47N3O6. The summed E-state index contributed by atoms with van der Waals surface area (Å²) >= 11 is 0. The number of hydrogen-bond acceptors (Lipinski definition) is 6. The van der Waals surface area contributed by atoms with E-state index in [0.29, 0.717) is 26.2 Å². The second kappa shape index (κ2) is 13.8. The van der Waals surface area contributed by atoms with Crippen LogP contribution in [0, 0.1) is 16.7 Å². The minimum atomic E-state index is -0.907. The molecule has 1 aliphatic heterocycles. The van der Waals surface area contributed by atoms with Crippen LogP contribution in [-0.4, -0.2) is 80.5 Å². The molecule has 0 aromatic carbocycles. The van der Waals surface area contributed by atoms with Gasteiger partial charge in [-0.1, -0.05) is 32.9 Å². The van der Waals surface area contributed by atoms with Gasteiger partial charge in [0.1, 0.15) is 5.60 Å². The number of ether oxygens (including phenoxy) is 3. The normalized spacial score (nSPS) is 19.8. The second-order valence-corrected chi connectivity index (χ2v) is 11.6. The summed E-state index contributed by atoms with van der Waals surface area (Å²) in [4.78, 5) is 40.4. The molecule has 2 N–H and O–H groups in total. The number of hydrogen-bond donors (Lipinski definition) is 2. The lowest BCUT2D eigenvalue weighted by atomic mass is 9.80. The monoisotopic (exact) mass is 509 g/mol. The van der Waals surface area contributed by atoms with Gasteiger partial charge in [-0.2, -0.15) is 0 Å². The number of rotatable bonds is 13. The van der Waals surface area contributed by atoms with Crippen LogP contribution in [0.2, 0.25) is 0 Å². The van der Waals surface area contributed by atoms with Gasteiger partial charge in [0.25, 0.3) is 0 Å². The molecule has 9 nitrogen and oxygen atoms in total. The average molecular weight is 510 g/mol. The molecule has 1 fully saturated rings. The van der Waals surface area contributed by atoms with E-state index in [9.17, 15) is 14.4 Å². The van der Waals surface area contributed by atoms with Crippen LogP contribution in [-0.2, 0) is 23.8 Å². The first-order valence-corrected chi connectivity index (χ1v) is 12.6. The molecule has 0 aromatic heterocycles. The Bertz CT molecular complexity index is 770. The Morgan fingerprint density at radius 2 is 1.67 bits per heavy atom. The van der Waals surface area contributed by atoms with Gasteiger partial charge in [0, 0.05) is 25.7 Å². The maximum absolute atomic E-state index is 13.3. The molecule has 0 spiro atoms. The summed E-state index contributed by atoms with van der Waals surface area (Å²) in [7, 11) is 0. The van der Waals surface area contributed by atoms with E-state index >= 15 is 0 Å². The van der Waals surface area contributed by atoms with Gasteiger partial charge in [0.15, 0.2) is 0 Å². The molecule has 1 aliphatic rings. The van der Waals surface area contributed by atoms with Gasteiger partial charge in [0.2, 0.25) is 11.8 Å². The Kier molecular flexibility index (Phi) is 12.1. The predicted molar refractivity (Wildman–Crippen MR) is 140 cm³/mol. The predicted octanol–water partition coefficient (Wildman–Crippen LogP) is 3.30. The fraction of sp³-hybridized carbons (Fsp3) is 0.741. The van der Waals surface area contributed by atoms with Gasteiger partial charge < -0.3 is 29.7 Å². The molecule has 0 bridgehead atoms. The van der Waals surface area contributed by atoms with E-state index in [2.05, 4.69) is 23.8 Å². The number of likely N-dealkylation sites (tertiary alicyclic amines) is 1. The smallest absolute Gasteiger partial charge is 0.410 e. The highest BCUT2D eigenvalue weighted by Crippen LogP contribution is 2.32. The van der Waals surface area contributed by atoms with Crippen molar-refractivity contribution in [3.05, 3.63) is 25.3 Å². The highest BCUT2D eigenvalue weighted by molar-refractivity contribution is 5.85. The molecule has 0 aromatic rings. The summed E-state index contributed by atoms with van der Waals surface area (Å²) in [5.41, 5.74) is -1.83. The highest BCUT2D eigenvalue weighted by Gasteiger charge is 2.47. The van der Waals surface area contributed by atoms with Gasteiger partial charge in [0.05, 0.1) is 37.8 Å². The van der Waals surface area contributed by atoms with Crippen LogP contribution >= 0.6 is 0 Å². The topological polar surface area (TPSA) is 106 Å². The molecule has 3 amide bonds. The maximum atomic E-state index is 13.3. The van der Waals surface area contributed by atoms with Gasteiger partial charge in [-0.3, -0.25) is 9.59 Å². The summed E-state index contributed by atoms with van der Waals surface area (Å²) in [6.45, 7) is 22.5. The average Bonchev–Trinajstić information content (AvgIpc) is 3.19.